The highest BCUT2D eigenvalue weighted by Crippen LogP contribution is 2.32. The monoisotopic (exact) mass is 298 g/mol. The number of rotatable bonds is 3. The highest BCUT2D eigenvalue weighted by Gasteiger charge is 2.23. The highest BCUT2D eigenvalue weighted by molar-refractivity contribution is 5.97. The van der Waals surface area contributed by atoms with Crippen LogP contribution >= 0.6 is 0 Å². The van der Waals surface area contributed by atoms with Gasteiger partial charge < -0.3 is 16.0 Å². The fourth-order valence-corrected chi connectivity index (χ4v) is 3.42. The van der Waals surface area contributed by atoms with E-state index in [1.807, 2.05) is 0 Å². The van der Waals surface area contributed by atoms with Crippen LogP contribution in [-0.4, -0.2) is 36.1 Å². The van der Waals surface area contributed by atoms with Gasteiger partial charge in [0.1, 0.15) is 0 Å². The third-order valence-corrected chi connectivity index (χ3v) is 4.83. The molecule has 1 aromatic heterocycles. The molecule has 1 fully saturated rings. The van der Waals surface area contributed by atoms with Gasteiger partial charge in [0.15, 0.2) is 0 Å². The van der Waals surface area contributed by atoms with Crippen LogP contribution in [0.5, 0.6) is 0 Å². The van der Waals surface area contributed by atoms with Crippen molar-refractivity contribution in [1.29, 1.82) is 0 Å². The zero-order chi connectivity index (χ0) is 15.7. The minimum atomic E-state index is 0.504. The predicted molar refractivity (Wildman–Crippen MR) is 94.2 cm³/mol. The van der Waals surface area contributed by atoms with Crippen molar-refractivity contribution in [3.05, 3.63) is 30.0 Å². The molecule has 0 spiro atoms. The van der Waals surface area contributed by atoms with Gasteiger partial charge in [0.05, 0.1) is 23.1 Å². The average Bonchev–Trinajstić information content (AvgIpc) is 2.51. The van der Waals surface area contributed by atoms with E-state index in [1.54, 1.807) is 6.20 Å². The van der Waals surface area contributed by atoms with E-state index in [0.29, 0.717) is 12.1 Å². The lowest BCUT2D eigenvalue weighted by molar-refractivity contribution is 0.221. The maximum absolute atomic E-state index is 6.20. The summed E-state index contributed by atoms with van der Waals surface area (Å²) in [5, 5.41) is 4.83. The van der Waals surface area contributed by atoms with E-state index in [2.05, 4.69) is 54.4 Å². The van der Waals surface area contributed by atoms with Gasteiger partial charge in [-0.3, -0.25) is 4.98 Å². The van der Waals surface area contributed by atoms with Gasteiger partial charge in [-0.05, 0) is 58.8 Å². The summed E-state index contributed by atoms with van der Waals surface area (Å²) in [6, 6.07) is 7.55. The molecule has 0 saturated heterocycles. The SMILES string of the molecule is Cc1ccc2ncc(N)c(NC3CCC(N(C)C)CC3)c2c1. The first kappa shape index (κ1) is 15.1. The third kappa shape index (κ3) is 3.02. The van der Waals surface area contributed by atoms with Gasteiger partial charge in [0.25, 0.3) is 0 Å². The van der Waals surface area contributed by atoms with Crippen molar-refractivity contribution in [2.75, 3.05) is 25.1 Å². The molecule has 1 aromatic carbocycles. The van der Waals surface area contributed by atoms with E-state index in [0.717, 1.165) is 22.3 Å². The van der Waals surface area contributed by atoms with Crippen LogP contribution in [0.2, 0.25) is 0 Å². The molecule has 1 saturated carbocycles. The number of anilines is 2. The number of nitrogens with two attached hydrogens (primary N) is 1. The van der Waals surface area contributed by atoms with E-state index in [4.69, 9.17) is 5.73 Å². The molecule has 1 aliphatic rings. The van der Waals surface area contributed by atoms with Crippen LogP contribution in [0.25, 0.3) is 10.9 Å². The number of nitrogen functional groups attached to an aromatic ring is 1. The van der Waals surface area contributed by atoms with Gasteiger partial charge in [-0.1, -0.05) is 11.6 Å². The van der Waals surface area contributed by atoms with Crippen molar-refractivity contribution >= 4 is 22.3 Å². The smallest absolute Gasteiger partial charge is 0.0743 e. The molecule has 2 aromatic rings. The highest BCUT2D eigenvalue weighted by atomic mass is 15.1. The lowest BCUT2D eigenvalue weighted by Crippen LogP contribution is -2.36. The van der Waals surface area contributed by atoms with Crippen molar-refractivity contribution in [3.63, 3.8) is 0 Å². The second kappa shape index (κ2) is 6.13. The summed E-state index contributed by atoms with van der Waals surface area (Å²) in [4.78, 5) is 6.78. The number of hydrogen-bond donors (Lipinski definition) is 2. The summed E-state index contributed by atoms with van der Waals surface area (Å²) < 4.78 is 0. The zero-order valence-corrected chi connectivity index (χ0v) is 13.8. The number of hydrogen-bond acceptors (Lipinski definition) is 4. The number of aryl methyl sites for hydroxylation is 1. The molecule has 22 heavy (non-hydrogen) atoms. The fraction of sp³-hybridized carbons (Fsp3) is 0.500. The summed E-state index contributed by atoms with van der Waals surface area (Å²) >= 11 is 0. The Labute approximate surface area is 132 Å². The Bertz CT molecular complexity index is 652. The molecule has 0 aliphatic heterocycles. The lowest BCUT2D eigenvalue weighted by Gasteiger charge is -2.33. The van der Waals surface area contributed by atoms with Crippen molar-refractivity contribution in [2.24, 2.45) is 0 Å². The number of nitrogens with one attached hydrogen (secondary N) is 1. The number of benzene rings is 1. The molecular formula is C18H26N4. The van der Waals surface area contributed by atoms with Crippen LogP contribution in [0.3, 0.4) is 0 Å². The zero-order valence-electron chi connectivity index (χ0n) is 13.8. The van der Waals surface area contributed by atoms with Crippen molar-refractivity contribution in [3.8, 4) is 0 Å². The molecular weight excluding hydrogens is 272 g/mol. The van der Waals surface area contributed by atoms with Crippen LogP contribution in [0.15, 0.2) is 24.4 Å². The number of aromatic nitrogens is 1. The number of pyridine rings is 1. The predicted octanol–water partition coefficient (Wildman–Crippen LogP) is 3.41. The standard InChI is InChI=1S/C18H26N4/c1-12-4-9-17-15(10-12)18(16(19)11-20-17)21-13-5-7-14(8-6-13)22(2)3/h4,9-11,13-14H,5-8,19H2,1-3H3,(H,20,21). The van der Waals surface area contributed by atoms with Crippen molar-refractivity contribution in [2.45, 2.75) is 44.7 Å². The molecule has 0 bridgehead atoms. The van der Waals surface area contributed by atoms with Gasteiger partial charge in [-0.15, -0.1) is 0 Å². The molecule has 0 atom stereocenters. The van der Waals surface area contributed by atoms with Gasteiger partial charge in [-0.25, -0.2) is 0 Å². The van der Waals surface area contributed by atoms with Crippen LogP contribution in [0, 0.1) is 6.92 Å². The average molecular weight is 298 g/mol. The molecule has 1 aliphatic carbocycles. The Hall–Kier alpha value is -1.81. The topological polar surface area (TPSA) is 54.2 Å². The summed E-state index contributed by atoms with van der Waals surface area (Å²) in [6.07, 6.45) is 6.64. The maximum Gasteiger partial charge on any atom is 0.0743 e. The van der Waals surface area contributed by atoms with Crippen LogP contribution in [0.4, 0.5) is 11.4 Å². The van der Waals surface area contributed by atoms with E-state index in [1.165, 1.54) is 31.2 Å². The number of fused-ring (bicyclic) bond motifs is 1. The summed E-state index contributed by atoms with van der Waals surface area (Å²) in [5.41, 5.74) is 10.2. The Morgan fingerprint density at radius 3 is 2.59 bits per heavy atom. The van der Waals surface area contributed by atoms with Gasteiger partial charge in [0.2, 0.25) is 0 Å². The van der Waals surface area contributed by atoms with Gasteiger partial charge in [-0.2, -0.15) is 0 Å². The molecule has 0 unspecified atom stereocenters. The summed E-state index contributed by atoms with van der Waals surface area (Å²) in [7, 11) is 4.35. The minimum Gasteiger partial charge on any atom is -0.396 e. The Kier molecular flexibility index (Phi) is 4.21. The first-order chi connectivity index (χ1) is 10.5. The van der Waals surface area contributed by atoms with Crippen molar-refractivity contribution in [1.82, 2.24) is 9.88 Å². The Morgan fingerprint density at radius 2 is 1.91 bits per heavy atom. The largest absolute Gasteiger partial charge is 0.396 e. The summed E-state index contributed by atoms with van der Waals surface area (Å²) in [6.45, 7) is 2.11. The quantitative estimate of drug-likeness (QED) is 0.912. The van der Waals surface area contributed by atoms with Gasteiger partial charge >= 0.3 is 0 Å². The maximum atomic E-state index is 6.20. The molecule has 4 heteroatoms. The van der Waals surface area contributed by atoms with E-state index in [-0.39, 0.29) is 0 Å². The van der Waals surface area contributed by atoms with E-state index in [9.17, 15) is 0 Å². The molecule has 0 amide bonds. The molecule has 3 rings (SSSR count). The van der Waals surface area contributed by atoms with Crippen LogP contribution < -0.4 is 11.1 Å². The van der Waals surface area contributed by atoms with Crippen LogP contribution in [-0.2, 0) is 0 Å². The van der Waals surface area contributed by atoms with E-state index < -0.39 is 0 Å². The Balaban J connectivity index is 1.82. The molecule has 0 radical (unpaired) electrons. The molecule has 118 valence electrons. The van der Waals surface area contributed by atoms with E-state index >= 15 is 0 Å². The minimum absolute atomic E-state index is 0.504. The van der Waals surface area contributed by atoms with Crippen molar-refractivity contribution < 1.29 is 0 Å². The molecule has 3 N–H and O–H groups in total. The fourth-order valence-electron chi connectivity index (χ4n) is 3.42. The normalized spacial score (nSPS) is 22.2. The molecule has 4 nitrogen and oxygen atoms in total. The lowest BCUT2D eigenvalue weighted by atomic mass is 9.90. The van der Waals surface area contributed by atoms with Gasteiger partial charge in [0, 0.05) is 17.5 Å². The first-order valence-electron chi connectivity index (χ1n) is 8.12. The van der Waals surface area contributed by atoms with Crippen LogP contribution in [0.1, 0.15) is 31.2 Å². The summed E-state index contributed by atoms with van der Waals surface area (Å²) in [5.74, 6) is 0. The second-order valence-electron chi connectivity index (χ2n) is 6.72. The Morgan fingerprint density at radius 1 is 1.18 bits per heavy atom. The third-order valence-electron chi connectivity index (χ3n) is 4.83. The molecule has 1 heterocycles. The second-order valence-corrected chi connectivity index (χ2v) is 6.72. The number of nitrogens with zero attached hydrogens (tertiary/aromatic N) is 2. The first-order valence-corrected chi connectivity index (χ1v) is 8.12.